The van der Waals surface area contributed by atoms with Crippen LogP contribution in [0.25, 0.3) is 0 Å². The third-order valence-electron chi connectivity index (χ3n) is 5.07. The Morgan fingerprint density at radius 1 is 1.33 bits per heavy atom. The van der Waals surface area contributed by atoms with Crippen molar-refractivity contribution in [1.29, 1.82) is 0 Å². The van der Waals surface area contributed by atoms with Crippen LogP contribution in [-0.2, 0) is 9.47 Å². The summed E-state index contributed by atoms with van der Waals surface area (Å²) in [7, 11) is 0. The molecule has 0 spiro atoms. The van der Waals surface area contributed by atoms with Gasteiger partial charge in [-0.2, -0.15) is 0 Å². The van der Waals surface area contributed by atoms with Crippen molar-refractivity contribution >= 4 is 0 Å². The molecule has 1 aliphatic rings. The number of aromatic amines is 1. The van der Waals surface area contributed by atoms with Crippen molar-refractivity contribution in [2.45, 2.75) is 72.0 Å². The van der Waals surface area contributed by atoms with Crippen molar-refractivity contribution in [2.24, 2.45) is 5.41 Å². The molecule has 2 N–H and O–H groups in total. The van der Waals surface area contributed by atoms with Crippen molar-refractivity contribution in [3.05, 3.63) is 32.6 Å². The zero-order valence-electron chi connectivity index (χ0n) is 15.3. The molecule has 0 saturated carbocycles. The number of ether oxygens (including phenoxy) is 2. The molecule has 136 valence electrons. The summed E-state index contributed by atoms with van der Waals surface area (Å²) in [5.41, 5.74) is -0.995. The van der Waals surface area contributed by atoms with E-state index in [1.807, 2.05) is 13.8 Å². The first-order chi connectivity index (χ1) is 10.9. The van der Waals surface area contributed by atoms with Crippen LogP contribution in [0.3, 0.4) is 0 Å². The number of hydrogen-bond acceptors (Lipinski definition) is 5. The summed E-state index contributed by atoms with van der Waals surface area (Å²) >= 11 is 0. The van der Waals surface area contributed by atoms with Gasteiger partial charge in [-0.3, -0.25) is 14.3 Å². The first-order valence-corrected chi connectivity index (χ1v) is 8.22. The smallest absolute Gasteiger partial charge is 0.330 e. The Bertz CT molecular complexity index is 698. The highest BCUT2D eigenvalue weighted by atomic mass is 16.6. The van der Waals surface area contributed by atoms with Gasteiger partial charge in [-0.25, -0.2) is 4.79 Å². The van der Waals surface area contributed by atoms with Gasteiger partial charge in [0.25, 0.3) is 5.56 Å². The fraction of sp³-hybridized carbons (Fsp3) is 0.765. The molecule has 3 atom stereocenters. The Balaban J connectivity index is 2.09. The van der Waals surface area contributed by atoms with Gasteiger partial charge in [0.15, 0.2) is 0 Å². The Hall–Kier alpha value is -1.44. The van der Waals surface area contributed by atoms with Crippen molar-refractivity contribution in [1.82, 2.24) is 9.55 Å². The second-order valence-electron chi connectivity index (χ2n) is 7.98. The van der Waals surface area contributed by atoms with Gasteiger partial charge in [0.2, 0.25) is 0 Å². The van der Waals surface area contributed by atoms with Gasteiger partial charge in [-0.05, 0) is 26.2 Å². The van der Waals surface area contributed by atoms with Crippen LogP contribution in [0.4, 0.5) is 0 Å². The molecule has 0 radical (unpaired) electrons. The minimum atomic E-state index is -0.732. The fourth-order valence-electron chi connectivity index (χ4n) is 2.34. The molecule has 1 aromatic heterocycles. The Morgan fingerprint density at radius 2 is 1.96 bits per heavy atom. The third-order valence-corrected chi connectivity index (χ3v) is 5.07. The topological polar surface area (TPSA) is 93.6 Å². The van der Waals surface area contributed by atoms with E-state index in [-0.39, 0.29) is 24.0 Å². The number of aryl methyl sites for hydroxylation is 1. The van der Waals surface area contributed by atoms with Crippen molar-refractivity contribution in [3.8, 4) is 0 Å². The zero-order chi connectivity index (χ0) is 18.3. The van der Waals surface area contributed by atoms with E-state index in [0.29, 0.717) is 5.56 Å². The molecule has 1 aromatic rings. The minimum Gasteiger partial charge on any atom is -0.390 e. The average Bonchev–Trinajstić information content (AvgIpc) is 2.80. The lowest BCUT2D eigenvalue weighted by Gasteiger charge is -2.39. The van der Waals surface area contributed by atoms with Gasteiger partial charge in [-0.1, -0.05) is 20.8 Å². The molecule has 2 heterocycles. The Labute approximate surface area is 141 Å². The summed E-state index contributed by atoms with van der Waals surface area (Å²) < 4.78 is 13.1. The predicted molar refractivity (Wildman–Crippen MR) is 90.1 cm³/mol. The summed E-state index contributed by atoms with van der Waals surface area (Å²) in [4.78, 5) is 25.7. The van der Waals surface area contributed by atoms with Crippen molar-refractivity contribution in [2.75, 3.05) is 6.61 Å². The molecule has 2 rings (SSSR count). The van der Waals surface area contributed by atoms with Crippen molar-refractivity contribution in [3.63, 3.8) is 0 Å². The van der Waals surface area contributed by atoms with E-state index >= 15 is 0 Å². The van der Waals surface area contributed by atoms with E-state index in [1.54, 1.807) is 6.92 Å². The van der Waals surface area contributed by atoms with Crippen LogP contribution in [-0.4, -0.2) is 39.1 Å². The molecule has 0 unspecified atom stereocenters. The highest BCUT2D eigenvalue weighted by Crippen LogP contribution is 2.35. The predicted octanol–water partition coefficient (Wildman–Crippen LogP) is 1.33. The van der Waals surface area contributed by atoms with E-state index in [2.05, 4.69) is 25.8 Å². The standard InChI is InChI=1S/C17H28N2O5/c1-10-8-19(15(22)18-14(10)21)13-7-11(20)12(24-13)9-23-17(5,6)16(2,3)4/h8,11-13,20H,7,9H2,1-6H3,(H,18,21,22)/t11-,12+,13+/m0/s1. The highest BCUT2D eigenvalue weighted by molar-refractivity contribution is 5.02. The van der Waals surface area contributed by atoms with E-state index in [4.69, 9.17) is 9.47 Å². The van der Waals surface area contributed by atoms with Crippen LogP contribution in [0.15, 0.2) is 15.8 Å². The zero-order valence-corrected chi connectivity index (χ0v) is 15.3. The normalized spacial score (nSPS) is 25.2. The number of hydrogen-bond donors (Lipinski definition) is 2. The van der Waals surface area contributed by atoms with Gasteiger partial charge in [0.1, 0.15) is 12.3 Å². The van der Waals surface area contributed by atoms with Crippen LogP contribution >= 0.6 is 0 Å². The lowest BCUT2D eigenvalue weighted by Crippen LogP contribution is -2.42. The van der Waals surface area contributed by atoms with Crippen LogP contribution in [0, 0.1) is 12.3 Å². The second-order valence-corrected chi connectivity index (χ2v) is 7.98. The van der Waals surface area contributed by atoms with Gasteiger partial charge < -0.3 is 14.6 Å². The molecule has 7 heteroatoms. The van der Waals surface area contributed by atoms with Crippen LogP contribution < -0.4 is 11.2 Å². The van der Waals surface area contributed by atoms with Crippen molar-refractivity contribution < 1.29 is 14.6 Å². The van der Waals surface area contributed by atoms with Gasteiger partial charge in [0.05, 0.1) is 18.3 Å². The molecule has 7 nitrogen and oxygen atoms in total. The number of rotatable bonds is 4. The maximum atomic E-state index is 12.0. The number of aliphatic hydroxyl groups is 1. The summed E-state index contributed by atoms with van der Waals surface area (Å²) in [6.07, 6.45) is -0.133. The summed E-state index contributed by atoms with van der Waals surface area (Å²) in [6, 6.07) is 0. The number of nitrogens with one attached hydrogen (secondary N) is 1. The average molecular weight is 340 g/mol. The van der Waals surface area contributed by atoms with Crippen LogP contribution in [0.1, 0.15) is 52.8 Å². The summed E-state index contributed by atoms with van der Waals surface area (Å²) in [5, 5.41) is 10.2. The second kappa shape index (κ2) is 6.46. The largest absolute Gasteiger partial charge is 0.390 e. The molecule has 0 aliphatic carbocycles. The quantitative estimate of drug-likeness (QED) is 0.862. The van der Waals surface area contributed by atoms with Crippen LogP contribution in [0.5, 0.6) is 0 Å². The minimum absolute atomic E-state index is 0.0665. The number of nitrogens with zero attached hydrogens (tertiary/aromatic N) is 1. The van der Waals surface area contributed by atoms with E-state index < -0.39 is 29.7 Å². The van der Waals surface area contributed by atoms with E-state index in [0.717, 1.165) is 0 Å². The maximum Gasteiger partial charge on any atom is 0.330 e. The molecular formula is C17H28N2O5. The maximum absolute atomic E-state index is 12.0. The Kier molecular flexibility index (Phi) is 5.09. The third kappa shape index (κ3) is 3.79. The summed E-state index contributed by atoms with van der Waals surface area (Å²) in [5.74, 6) is 0. The Morgan fingerprint density at radius 3 is 2.54 bits per heavy atom. The SMILES string of the molecule is Cc1cn([C@H]2C[C@H](O)[C@@H](COC(C)(C)C(C)(C)C)O2)c(=O)[nH]c1=O. The molecule has 1 saturated heterocycles. The lowest BCUT2D eigenvalue weighted by atomic mass is 9.79. The molecule has 0 aromatic carbocycles. The molecular weight excluding hydrogens is 312 g/mol. The molecule has 0 bridgehead atoms. The van der Waals surface area contributed by atoms with Gasteiger partial charge >= 0.3 is 5.69 Å². The van der Waals surface area contributed by atoms with E-state index in [9.17, 15) is 14.7 Å². The number of aromatic nitrogens is 2. The highest BCUT2D eigenvalue weighted by Gasteiger charge is 2.39. The van der Waals surface area contributed by atoms with Gasteiger partial charge in [0, 0.05) is 18.2 Å². The number of aliphatic hydroxyl groups excluding tert-OH is 1. The molecule has 1 aliphatic heterocycles. The first kappa shape index (κ1) is 18.9. The first-order valence-electron chi connectivity index (χ1n) is 8.22. The lowest BCUT2D eigenvalue weighted by molar-refractivity contribution is -0.139. The van der Waals surface area contributed by atoms with Gasteiger partial charge in [-0.15, -0.1) is 0 Å². The number of H-pyrrole nitrogens is 1. The molecule has 24 heavy (non-hydrogen) atoms. The van der Waals surface area contributed by atoms with Crippen LogP contribution in [0.2, 0.25) is 0 Å². The monoisotopic (exact) mass is 340 g/mol. The summed E-state index contributed by atoms with van der Waals surface area (Å²) in [6.45, 7) is 12.1. The molecule has 1 fully saturated rings. The van der Waals surface area contributed by atoms with E-state index in [1.165, 1.54) is 10.8 Å². The molecule has 0 amide bonds. The fourth-order valence-corrected chi connectivity index (χ4v) is 2.34.